The second kappa shape index (κ2) is 6.34. The number of hydrogen-bond donors (Lipinski definition) is 4. The molecular weight excluding hydrogens is 240 g/mol. The zero-order valence-electron chi connectivity index (χ0n) is 9.91. The van der Waals surface area contributed by atoms with Gasteiger partial charge < -0.3 is 25.2 Å². The summed E-state index contributed by atoms with van der Waals surface area (Å²) in [5, 5.41) is 37.7. The van der Waals surface area contributed by atoms with Gasteiger partial charge in [-0.25, -0.2) is 4.79 Å². The van der Waals surface area contributed by atoms with E-state index in [1.807, 2.05) is 0 Å². The average molecular weight is 256 g/mol. The third-order valence-electron chi connectivity index (χ3n) is 2.44. The van der Waals surface area contributed by atoms with Crippen LogP contribution in [-0.2, 0) is 16.1 Å². The van der Waals surface area contributed by atoms with Crippen molar-refractivity contribution in [3.63, 3.8) is 0 Å². The Morgan fingerprint density at radius 1 is 1.39 bits per heavy atom. The lowest BCUT2D eigenvalue weighted by Gasteiger charge is -2.17. The fourth-order valence-electron chi connectivity index (χ4n) is 1.45. The van der Waals surface area contributed by atoms with E-state index in [2.05, 4.69) is 4.74 Å². The van der Waals surface area contributed by atoms with Crippen LogP contribution in [-0.4, -0.2) is 39.1 Å². The van der Waals surface area contributed by atoms with E-state index in [1.54, 1.807) is 6.92 Å². The molecule has 0 aliphatic carbocycles. The Kier molecular flexibility index (Phi) is 5.08. The van der Waals surface area contributed by atoms with E-state index in [0.717, 1.165) is 0 Å². The fourth-order valence-corrected chi connectivity index (χ4v) is 1.45. The number of rotatable bonds is 5. The Labute approximate surface area is 104 Å². The van der Waals surface area contributed by atoms with Crippen LogP contribution in [0.2, 0.25) is 0 Å². The maximum absolute atomic E-state index is 11.2. The van der Waals surface area contributed by atoms with Gasteiger partial charge in [0.1, 0.15) is 11.9 Å². The number of aromatic hydroxyl groups is 1. The van der Waals surface area contributed by atoms with Gasteiger partial charge in [0.05, 0.1) is 13.2 Å². The molecule has 0 amide bonds. The van der Waals surface area contributed by atoms with Crippen molar-refractivity contribution in [3.05, 3.63) is 29.3 Å². The monoisotopic (exact) mass is 256 g/mol. The molecule has 1 aromatic rings. The first-order valence-corrected chi connectivity index (χ1v) is 5.46. The molecule has 4 N–H and O–H groups in total. The molecule has 1 aromatic carbocycles. The van der Waals surface area contributed by atoms with E-state index in [0.29, 0.717) is 0 Å². The predicted molar refractivity (Wildman–Crippen MR) is 61.6 cm³/mol. The molecule has 0 spiro atoms. The zero-order valence-corrected chi connectivity index (χ0v) is 9.91. The summed E-state index contributed by atoms with van der Waals surface area (Å²) >= 11 is 0. The number of phenols is 1. The normalized spacial score (nSPS) is 14.0. The van der Waals surface area contributed by atoms with E-state index >= 15 is 0 Å². The van der Waals surface area contributed by atoms with Crippen molar-refractivity contribution in [1.29, 1.82) is 0 Å². The molecular formula is C12H16O6. The molecule has 0 radical (unpaired) electrons. The van der Waals surface area contributed by atoms with Crippen LogP contribution in [0.15, 0.2) is 18.2 Å². The van der Waals surface area contributed by atoms with Crippen LogP contribution in [0.4, 0.5) is 0 Å². The number of carbonyl (C=O) groups is 1. The Hall–Kier alpha value is -1.63. The van der Waals surface area contributed by atoms with E-state index in [9.17, 15) is 20.1 Å². The summed E-state index contributed by atoms with van der Waals surface area (Å²) in [6.07, 6.45) is -3.18. The molecule has 0 heterocycles. The lowest BCUT2D eigenvalue weighted by molar-refractivity contribution is -0.159. The molecule has 0 aromatic heterocycles. The van der Waals surface area contributed by atoms with Crippen molar-refractivity contribution in [1.82, 2.24) is 0 Å². The van der Waals surface area contributed by atoms with Gasteiger partial charge in [-0.15, -0.1) is 0 Å². The van der Waals surface area contributed by atoms with Gasteiger partial charge in [-0.3, -0.25) is 0 Å². The van der Waals surface area contributed by atoms with Crippen LogP contribution in [0.3, 0.4) is 0 Å². The highest BCUT2D eigenvalue weighted by molar-refractivity contribution is 5.75. The maximum atomic E-state index is 11.2. The number of ether oxygens (including phenoxy) is 1. The third kappa shape index (κ3) is 3.19. The minimum Gasteiger partial charge on any atom is -0.508 e. The Balaban J connectivity index is 2.89. The van der Waals surface area contributed by atoms with Crippen LogP contribution in [0.25, 0.3) is 0 Å². The number of benzene rings is 1. The first-order valence-electron chi connectivity index (χ1n) is 5.46. The maximum Gasteiger partial charge on any atom is 0.338 e. The Morgan fingerprint density at radius 3 is 2.61 bits per heavy atom. The molecule has 2 unspecified atom stereocenters. The molecule has 6 nitrogen and oxygen atoms in total. The van der Waals surface area contributed by atoms with Crippen molar-refractivity contribution in [3.8, 4) is 5.75 Å². The molecule has 6 heteroatoms. The van der Waals surface area contributed by atoms with Crippen LogP contribution in [0.1, 0.15) is 24.2 Å². The van der Waals surface area contributed by atoms with Crippen molar-refractivity contribution in [2.75, 3.05) is 6.61 Å². The highest BCUT2D eigenvalue weighted by Gasteiger charge is 2.27. The lowest BCUT2D eigenvalue weighted by atomic mass is 10.0. The summed E-state index contributed by atoms with van der Waals surface area (Å²) in [4.78, 5) is 11.2. The average Bonchev–Trinajstić information content (AvgIpc) is 2.38. The molecule has 0 bridgehead atoms. The lowest BCUT2D eigenvalue weighted by Crippen LogP contribution is -2.29. The topological polar surface area (TPSA) is 107 Å². The number of esters is 1. The molecule has 0 saturated carbocycles. The van der Waals surface area contributed by atoms with Crippen molar-refractivity contribution >= 4 is 5.97 Å². The quantitative estimate of drug-likeness (QED) is 0.545. The molecule has 0 aliphatic heterocycles. The van der Waals surface area contributed by atoms with Gasteiger partial charge in [0.15, 0.2) is 6.10 Å². The van der Waals surface area contributed by atoms with Crippen molar-refractivity contribution in [2.45, 2.75) is 25.7 Å². The first kappa shape index (κ1) is 14.4. The van der Waals surface area contributed by atoms with Crippen LogP contribution in [0.5, 0.6) is 5.75 Å². The van der Waals surface area contributed by atoms with Crippen molar-refractivity contribution < 1.29 is 30.0 Å². The molecule has 0 saturated heterocycles. The second-order valence-corrected chi connectivity index (χ2v) is 3.69. The third-order valence-corrected chi connectivity index (χ3v) is 2.44. The van der Waals surface area contributed by atoms with Gasteiger partial charge in [0.2, 0.25) is 0 Å². The van der Waals surface area contributed by atoms with Gasteiger partial charge in [-0.2, -0.15) is 0 Å². The van der Waals surface area contributed by atoms with E-state index in [1.165, 1.54) is 18.2 Å². The highest BCUT2D eigenvalue weighted by Crippen LogP contribution is 2.24. The first-order chi connectivity index (χ1) is 8.51. The Morgan fingerprint density at radius 2 is 2.06 bits per heavy atom. The van der Waals surface area contributed by atoms with E-state index < -0.39 is 24.8 Å². The van der Waals surface area contributed by atoms with Crippen LogP contribution in [0, 0.1) is 0 Å². The SMILES string of the molecule is CCOC(=O)C(O)C(O)c1ccc(O)c(CO)c1. The summed E-state index contributed by atoms with van der Waals surface area (Å²) in [5.41, 5.74) is 0.403. The van der Waals surface area contributed by atoms with Crippen molar-refractivity contribution in [2.24, 2.45) is 0 Å². The van der Waals surface area contributed by atoms with Crippen LogP contribution >= 0.6 is 0 Å². The molecule has 18 heavy (non-hydrogen) atoms. The van der Waals surface area contributed by atoms with Gasteiger partial charge in [-0.05, 0) is 24.6 Å². The zero-order chi connectivity index (χ0) is 13.7. The highest BCUT2D eigenvalue weighted by atomic mass is 16.5. The molecule has 1 rings (SSSR count). The van der Waals surface area contributed by atoms with E-state index in [-0.39, 0.29) is 23.5 Å². The minimum absolute atomic E-state index is 0.0973. The summed E-state index contributed by atoms with van der Waals surface area (Å²) < 4.78 is 4.58. The molecule has 100 valence electrons. The summed E-state index contributed by atoms with van der Waals surface area (Å²) in [7, 11) is 0. The fraction of sp³-hybridized carbons (Fsp3) is 0.417. The summed E-state index contributed by atoms with van der Waals surface area (Å²) in [6.45, 7) is 1.27. The van der Waals surface area contributed by atoms with Gasteiger partial charge in [-0.1, -0.05) is 6.07 Å². The number of carbonyl (C=O) groups excluding carboxylic acids is 1. The second-order valence-electron chi connectivity index (χ2n) is 3.69. The van der Waals surface area contributed by atoms with Crippen LogP contribution < -0.4 is 0 Å². The van der Waals surface area contributed by atoms with Gasteiger partial charge in [0.25, 0.3) is 0 Å². The molecule has 0 fully saturated rings. The Bertz CT molecular complexity index is 417. The largest absolute Gasteiger partial charge is 0.508 e. The van der Waals surface area contributed by atoms with Gasteiger partial charge in [0, 0.05) is 5.56 Å². The number of hydrogen-bond acceptors (Lipinski definition) is 6. The summed E-state index contributed by atoms with van der Waals surface area (Å²) in [6, 6.07) is 3.92. The smallest absolute Gasteiger partial charge is 0.338 e. The molecule has 2 atom stereocenters. The number of aliphatic hydroxyl groups is 3. The minimum atomic E-state index is -1.71. The number of aliphatic hydroxyl groups excluding tert-OH is 3. The van der Waals surface area contributed by atoms with E-state index in [4.69, 9.17) is 5.11 Å². The standard InChI is InChI=1S/C12H16O6/c1-2-18-12(17)11(16)10(15)7-3-4-9(14)8(5-7)6-13/h3-5,10-11,13-16H,2,6H2,1H3. The predicted octanol–water partition coefficient (Wildman–Crippen LogP) is -0.158. The summed E-state index contributed by atoms with van der Waals surface area (Å²) in [5.74, 6) is -1.05. The molecule has 0 aliphatic rings. The van der Waals surface area contributed by atoms with Gasteiger partial charge >= 0.3 is 5.97 Å².